The predicted molar refractivity (Wildman–Crippen MR) is 66.4 cm³/mol. The van der Waals surface area contributed by atoms with Crippen LogP contribution in [0.25, 0.3) is 0 Å². The highest BCUT2D eigenvalue weighted by Crippen LogP contribution is 2.69. The van der Waals surface area contributed by atoms with E-state index in [4.69, 9.17) is 0 Å². The first-order valence-electron chi connectivity index (χ1n) is 7.07. The normalized spacial score (nSPS) is 51.6. The Morgan fingerprint density at radius 2 is 2.12 bits per heavy atom. The third kappa shape index (κ3) is 1.23. The summed E-state index contributed by atoms with van der Waals surface area (Å²) in [6.07, 6.45) is 4.43. The molecule has 0 amide bonds. The van der Waals surface area contributed by atoms with Crippen LogP contribution in [-0.2, 0) is 4.79 Å². The van der Waals surface area contributed by atoms with Crippen molar-refractivity contribution in [1.82, 2.24) is 0 Å². The van der Waals surface area contributed by atoms with Gasteiger partial charge in [0.1, 0.15) is 5.78 Å². The summed E-state index contributed by atoms with van der Waals surface area (Å²) in [5, 5.41) is 9.79. The molecule has 1 unspecified atom stereocenters. The minimum atomic E-state index is 0.212. The molecule has 2 heteroatoms. The van der Waals surface area contributed by atoms with Crippen LogP contribution in [0.4, 0.5) is 0 Å². The summed E-state index contributed by atoms with van der Waals surface area (Å²) in [7, 11) is 0. The van der Waals surface area contributed by atoms with Gasteiger partial charge in [0.25, 0.3) is 0 Å². The Balaban J connectivity index is 2.06. The first-order valence-corrected chi connectivity index (χ1v) is 7.07. The van der Waals surface area contributed by atoms with Gasteiger partial charge in [-0.05, 0) is 47.8 Å². The molecule has 3 aliphatic carbocycles. The lowest BCUT2D eigenvalue weighted by Gasteiger charge is -2.51. The average Bonchev–Trinajstić information content (AvgIpc) is 2.78. The van der Waals surface area contributed by atoms with Crippen LogP contribution in [0.1, 0.15) is 46.5 Å². The fraction of sp³-hybridized carbons (Fsp3) is 0.933. The van der Waals surface area contributed by atoms with Crippen LogP contribution in [0.15, 0.2) is 0 Å². The van der Waals surface area contributed by atoms with E-state index in [-0.39, 0.29) is 23.4 Å². The Morgan fingerprint density at radius 1 is 1.41 bits per heavy atom. The lowest BCUT2D eigenvalue weighted by atomic mass is 9.53. The molecule has 3 rings (SSSR count). The van der Waals surface area contributed by atoms with E-state index in [9.17, 15) is 9.90 Å². The summed E-state index contributed by atoms with van der Waals surface area (Å²) >= 11 is 0. The van der Waals surface area contributed by atoms with E-state index in [1.165, 1.54) is 19.3 Å². The van der Waals surface area contributed by atoms with Crippen molar-refractivity contribution in [2.45, 2.75) is 46.5 Å². The van der Waals surface area contributed by atoms with Gasteiger partial charge in [-0.25, -0.2) is 0 Å². The summed E-state index contributed by atoms with van der Waals surface area (Å²) < 4.78 is 0. The highest BCUT2D eigenvalue weighted by atomic mass is 16.3. The Hall–Kier alpha value is -0.370. The Kier molecular flexibility index (Phi) is 2.30. The van der Waals surface area contributed by atoms with Crippen molar-refractivity contribution in [2.24, 2.45) is 34.5 Å². The van der Waals surface area contributed by atoms with Crippen molar-refractivity contribution in [3.8, 4) is 0 Å². The second kappa shape index (κ2) is 3.34. The molecule has 0 saturated heterocycles. The fourth-order valence-corrected chi connectivity index (χ4v) is 5.44. The van der Waals surface area contributed by atoms with Crippen molar-refractivity contribution in [3.05, 3.63) is 0 Å². The second-order valence-electron chi connectivity index (χ2n) is 7.28. The lowest BCUT2D eigenvalue weighted by Crippen LogP contribution is -2.48. The molecule has 3 fully saturated rings. The molecule has 3 saturated carbocycles. The average molecular weight is 236 g/mol. The van der Waals surface area contributed by atoms with Crippen LogP contribution in [0.5, 0.6) is 0 Å². The van der Waals surface area contributed by atoms with Gasteiger partial charge in [-0.1, -0.05) is 20.8 Å². The van der Waals surface area contributed by atoms with E-state index in [0.29, 0.717) is 23.5 Å². The van der Waals surface area contributed by atoms with Gasteiger partial charge in [-0.2, -0.15) is 0 Å². The van der Waals surface area contributed by atoms with Gasteiger partial charge in [-0.15, -0.1) is 0 Å². The molecular formula is C15H24O2. The Labute approximate surface area is 104 Å². The molecule has 0 aromatic rings. The van der Waals surface area contributed by atoms with Crippen molar-refractivity contribution < 1.29 is 9.90 Å². The van der Waals surface area contributed by atoms with Crippen LogP contribution in [0, 0.1) is 34.5 Å². The zero-order chi connectivity index (χ0) is 12.4. The van der Waals surface area contributed by atoms with E-state index >= 15 is 0 Å². The molecule has 5 atom stereocenters. The highest BCUT2D eigenvalue weighted by Gasteiger charge is 2.65. The van der Waals surface area contributed by atoms with Crippen LogP contribution in [-0.4, -0.2) is 17.5 Å². The van der Waals surface area contributed by atoms with E-state index in [1.54, 1.807) is 0 Å². The van der Waals surface area contributed by atoms with E-state index in [1.807, 2.05) is 0 Å². The first-order chi connectivity index (χ1) is 7.93. The van der Waals surface area contributed by atoms with Crippen LogP contribution in [0.3, 0.4) is 0 Å². The SMILES string of the molecule is C[C@@H]1C(=O)CC2[C@@H](CO)C(C)(C)[C@@H]3CC[C@@]21C3. The number of carbonyl (C=O) groups excluding carboxylic acids is 1. The number of ketones is 1. The maximum Gasteiger partial charge on any atom is 0.136 e. The van der Waals surface area contributed by atoms with Gasteiger partial charge in [0, 0.05) is 18.9 Å². The molecule has 1 N–H and O–H groups in total. The van der Waals surface area contributed by atoms with Gasteiger partial charge in [-0.3, -0.25) is 4.79 Å². The number of hydrogen-bond donors (Lipinski definition) is 1. The fourth-order valence-electron chi connectivity index (χ4n) is 5.44. The molecule has 0 aromatic heterocycles. The van der Waals surface area contributed by atoms with Crippen molar-refractivity contribution in [1.29, 1.82) is 0 Å². The van der Waals surface area contributed by atoms with E-state index in [0.717, 1.165) is 6.42 Å². The zero-order valence-electron chi connectivity index (χ0n) is 11.2. The first kappa shape index (κ1) is 11.7. The van der Waals surface area contributed by atoms with Crippen molar-refractivity contribution >= 4 is 5.78 Å². The van der Waals surface area contributed by atoms with Gasteiger partial charge < -0.3 is 5.11 Å². The van der Waals surface area contributed by atoms with Gasteiger partial charge in [0.2, 0.25) is 0 Å². The highest BCUT2D eigenvalue weighted by molar-refractivity contribution is 5.84. The Morgan fingerprint density at radius 3 is 2.76 bits per heavy atom. The van der Waals surface area contributed by atoms with Crippen LogP contribution in [0.2, 0.25) is 0 Å². The molecule has 0 aromatic carbocycles. The molecule has 2 bridgehead atoms. The minimum Gasteiger partial charge on any atom is -0.396 e. The lowest BCUT2D eigenvalue weighted by molar-refractivity contribution is -0.121. The summed E-state index contributed by atoms with van der Waals surface area (Å²) in [6, 6.07) is 0. The smallest absolute Gasteiger partial charge is 0.136 e. The number of hydrogen-bond acceptors (Lipinski definition) is 2. The third-order valence-corrected chi connectivity index (χ3v) is 6.78. The van der Waals surface area contributed by atoms with E-state index in [2.05, 4.69) is 20.8 Å². The topological polar surface area (TPSA) is 37.3 Å². The monoisotopic (exact) mass is 236 g/mol. The quantitative estimate of drug-likeness (QED) is 0.760. The molecule has 0 aliphatic heterocycles. The number of rotatable bonds is 1. The summed E-state index contributed by atoms with van der Waals surface area (Å²) in [5.41, 5.74) is 0.467. The minimum absolute atomic E-state index is 0.212. The summed E-state index contributed by atoms with van der Waals surface area (Å²) in [5.74, 6) is 2.18. The molecule has 2 nitrogen and oxygen atoms in total. The van der Waals surface area contributed by atoms with Gasteiger partial charge in [0.05, 0.1) is 0 Å². The van der Waals surface area contributed by atoms with Crippen LogP contribution < -0.4 is 0 Å². The predicted octanol–water partition coefficient (Wildman–Crippen LogP) is 2.65. The Bertz CT molecular complexity index is 360. The molecular weight excluding hydrogens is 212 g/mol. The molecule has 0 radical (unpaired) electrons. The van der Waals surface area contributed by atoms with Gasteiger partial charge in [0.15, 0.2) is 0 Å². The third-order valence-electron chi connectivity index (χ3n) is 6.78. The summed E-state index contributed by atoms with van der Waals surface area (Å²) in [4.78, 5) is 12.1. The number of Topliss-reactive ketones (excluding diaryl/α,β-unsaturated/α-hetero) is 1. The zero-order valence-corrected chi connectivity index (χ0v) is 11.2. The molecule has 96 valence electrons. The number of aliphatic hydroxyl groups excluding tert-OH is 1. The largest absolute Gasteiger partial charge is 0.396 e. The number of aliphatic hydroxyl groups is 1. The number of carbonyl (C=O) groups is 1. The molecule has 0 heterocycles. The maximum atomic E-state index is 12.1. The van der Waals surface area contributed by atoms with Gasteiger partial charge >= 0.3 is 0 Å². The molecule has 3 aliphatic rings. The molecule has 17 heavy (non-hydrogen) atoms. The standard InChI is InChI=1S/C15H24O2/c1-9-13(17)6-11-12(8-16)14(2,3)10-4-5-15(9,11)7-10/h9-12,16H,4-8H2,1-3H3/t9-,10-,11?,12-,15+/m1/s1. The molecule has 1 spiro atoms. The summed E-state index contributed by atoms with van der Waals surface area (Å²) in [6.45, 7) is 7.01. The van der Waals surface area contributed by atoms with E-state index < -0.39 is 0 Å². The number of fused-ring (bicyclic) bond motifs is 1. The van der Waals surface area contributed by atoms with Crippen molar-refractivity contribution in [2.75, 3.05) is 6.61 Å². The second-order valence-corrected chi connectivity index (χ2v) is 7.28. The van der Waals surface area contributed by atoms with Crippen molar-refractivity contribution in [3.63, 3.8) is 0 Å². The maximum absolute atomic E-state index is 12.1. The van der Waals surface area contributed by atoms with Crippen LogP contribution >= 0.6 is 0 Å².